The van der Waals surface area contributed by atoms with E-state index in [1.54, 1.807) is 17.0 Å². The number of sulfonamides is 1. The molecule has 0 bridgehead atoms. The summed E-state index contributed by atoms with van der Waals surface area (Å²) in [6, 6.07) is 6.03. The average molecular weight is 284 g/mol. The van der Waals surface area contributed by atoms with Gasteiger partial charge in [0.2, 0.25) is 10.0 Å². The second-order valence-electron chi connectivity index (χ2n) is 4.78. The number of carbonyl (C=O) groups is 1. The van der Waals surface area contributed by atoms with Crippen LogP contribution in [0.1, 0.15) is 31.1 Å². The molecule has 0 aromatic heterocycles. The molecule has 1 aromatic rings. The second-order valence-corrected chi connectivity index (χ2v) is 6.31. The first-order valence-corrected chi connectivity index (χ1v) is 7.73. The summed E-state index contributed by atoms with van der Waals surface area (Å²) in [4.78, 5) is 13.9. The highest BCUT2D eigenvalue weighted by Gasteiger charge is 2.22. The van der Waals surface area contributed by atoms with Gasteiger partial charge in [-0.25, -0.2) is 13.6 Å². The Labute approximate surface area is 114 Å². The van der Waals surface area contributed by atoms with Crippen LogP contribution in [-0.4, -0.2) is 32.3 Å². The topological polar surface area (TPSA) is 80.5 Å². The highest BCUT2D eigenvalue weighted by molar-refractivity contribution is 7.89. The van der Waals surface area contributed by atoms with Crippen molar-refractivity contribution in [2.75, 3.05) is 13.1 Å². The van der Waals surface area contributed by atoms with Gasteiger partial charge in [-0.05, 0) is 25.0 Å². The molecule has 1 aromatic carbocycles. The Morgan fingerprint density at radius 3 is 2.37 bits per heavy atom. The van der Waals surface area contributed by atoms with E-state index in [9.17, 15) is 13.2 Å². The highest BCUT2D eigenvalue weighted by Crippen LogP contribution is 2.16. The molecule has 0 fully saturated rings. The first-order chi connectivity index (χ1) is 8.77. The maximum absolute atomic E-state index is 12.4. The maximum Gasteiger partial charge on any atom is 0.255 e. The summed E-state index contributed by atoms with van der Waals surface area (Å²) in [5, 5.41) is 5.14. The molecule has 6 heteroatoms. The van der Waals surface area contributed by atoms with E-state index in [0.29, 0.717) is 19.0 Å². The fraction of sp³-hybridized carbons (Fsp3) is 0.462. The molecular formula is C13H20N2O3S. The SMILES string of the molecule is CCN(CC(C)C)C(=O)c1ccccc1S(N)(=O)=O. The lowest BCUT2D eigenvalue weighted by atomic mass is 10.1. The minimum Gasteiger partial charge on any atom is -0.339 e. The molecule has 0 saturated carbocycles. The minimum atomic E-state index is -3.90. The number of primary sulfonamides is 1. The van der Waals surface area contributed by atoms with Gasteiger partial charge in [0.15, 0.2) is 0 Å². The van der Waals surface area contributed by atoms with E-state index in [4.69, 9.17) is 5.14 Å². The zero-order valence-electron chi connectivity index (χ0n) is 11.5. The minimum absolute atomic E-state index is 0.123. The van der Waals surface area contributed by atoms with E-state index < -0.39 is 10.0 Å². The van der Waals surface area contributed by atoms with Gasteiger partial charge in [-0.3, -0.25) is 4.79 Å². The summed E-state index contributed by atoms with van der Waals surface area (Å²) in [6.07, 6.45) is 0. The fourth-order valence-electron chi connectivity index (χ4n) is 1.86. The predicted octanol–water partition coefficient (Wildman–Crippen LogP) is 1.45. The summed E-state index contributed by atoms with van der Waals surface area (Å²) >= 11 is 0. The molecule has 1 rings (SSSR count). The van der Waals surface area contributed by atoms with Gasteiger partial charge in [0.25, 0.3) is 5.91 Å². The molecule has 2 N–H and O–H groups in total. The first-order valence-electron chi connectivity index (χ1n) is 6.18. The Morgan fingerprint density at radius 1 is 1.32 bits per heavy atom. The standard InChI is InChI=1S/C13H20N2O3S/c1-4-15(9-10(2)3)13(16)11-7-5-6-8-12(11)19(14,17)18/h5-8,10H,4,9H2,1-3H3,(H2,14,17,18). The number of benzene rings is 1. The van der Waals surface area contributed by atoms with Crippen LogP contribution in [0.15, 0.2) is 29.2 Å². The van der Waals surface area contributed by atoms with E-state index in [1.807, 2.05) is 20.8 Å². The molecule has 0 heterocycles. The van der Waals surface area contributed by atoms with Crippen LogP contribution in [0.4, 0.5) is 0 Å². The number of hydrogen-bond acceptors (Lipinski definition) is 3. The van der Waals surface area contributed by atoms with Crippen LogP contribution in [0.3, 0.4) is 0 Å². The van der Waals surface area contributed by atoms with E-state index in [2.05, 4.69) is 0 Å². The molecular weight excluding hydrogens is 264 g/mol. The molecule has 0 aliphatic rings. The number of nitrogens with two attached hydrogens (primary N) is 1. The molecule has 0 spiro atoms. The third kappa shape index (κ3) is 4.04. The zero-order valence-corrected chi connectivity index (χ0v) is 12.3. The number of nitrogens with zero attached hydrogens (tertiary/aromatic N) is 1. The third-order valence-corrected chi connectivity index (χ3v) is 3.65. The molecule has 0 radical (unpaired) electrons. The number of hydrogen-bond donors (Lipinski definition) is 1. The largest absolute Gasteiger partial charge is 0.339 e. The molecule has 0 aliphatic heterocycles. The van der Waals surface area contributed by atoms with Gasteiger partial charge in [0, 0.05) is 13.1 Å². The van der Waals surface area contributed by atoms with Gasteiger partial charge < -0.3 is 4.90 Å². The summed E-state index contributed by atoms with van der Waals surface area (Å²) in [6.45, 7) is 6.97. The summed E-state index contributed by atoms with van der Waals surface area (Å²) < 4.78 is 23.0. The molecule has 5 nitrogen and oxygen atoms in total. The highest BCUT2D eigenvalue weighted by atomic mass is 32.2. The smallest absolute Gasteiger partial charge is 0.255 e. The van der Waals surface area contributed by atoms with Crippen LogP contribution in [0.5, 0.6) is 0 Å². The van der Waals surface area contributed by atoms with Crippen LogP contribution in [-0.2, 0) is 10.0 Å². The van der Waals surface area contributed by atoms with Crippen molar-refractivity contribution >= 4 is 15.9 Å². The van der Waals surface area contributed by atoms with E-state index in [1.165, 1.54) is 12.1 Å². The molecule has 0 atom stereocenters. The lowest BCUT2D eigenvalue weighted by Crippen LogP contribution is -2.35. The van der Waals surface area contributed by atoms with Crippen LogP contribution in [0, 0.1) is 5.92 Å². The number of carbonyl (C=O) groups excluding carboxylic acids is 1. The molecule has 106 valence electrons. The second kappa shape index (κ2) is 6.16. The van der Waals surface area contributed by atoms with Gasteiger partial charge in [-0.1, -0.05) is 26.0 Å². The van der Waals surface area contributed by atoms with E-state index >= 15 is 0 Å². The molecule has 0 saturated heterocycles. The van der Waals surface area contributed by atoms with Crippen molar-refractivity contribution in [3.8, 4) is 0 Å². The summed E-state index contributed by atoms with van der Waals surface area (Å²) in [5.41, 5.74) is 0.132. The molecule has 19 heavy (non-hydrogen) atoms. The normalized spacial score (nSPS) is 11.6. The lowest BCUT2D eigenvalue weighted by Gasteiger charge is -2.23. The van der Waals surface area contributed by atoms with Crippen LogP contribution >= 0.6 is 0 Å². The van der Waals surface area contributed by atoms with Crippen LogP contribution in [0.25, 0.3) is 0 Å². The molecule has 0 unspecified atom stereocenters. The Morgan fingerprint density at radius 2 is 1.89 bits per heavy atom. The average Bonchev–Trinajstić information content (AvgIpc) is 2.34. The van der Waals surface area contributed by atoms with Crippen LogP contribution in [0.2, 0.25) is 0 Å². The van der Waals surface area contributed by atoms with E-state index in [0.717, 1.165) is 0 Å². The van der Waals surface area contributed by atoms with Crippen LogP contribution < -0.4 is 5.14 Å². The molecule has 1 amide bonds. The molecule has 0 aliphatic carbocycles. The Balaban J connectivity index is 3.19. The van der Waals surface area contributed by atoms with Gasteiger partial charge in [0.1, 0.15) is 0 Å². The van der Waals surface area contributed by atoms with Gasteiger partial charge in [0.05, 0.1) is 10.5 Å². The zero-order chi connectivity index (χ0) is 14.6. The predicted molar refractivity (Wildman–Crippen MR) is 74.2 cm³/mol. The Bertz CT molecular complexity index is 553. The van der Waals surface area contributed by atoms with E-state index in [-0.39, 0.29) is 16.4 Å². The van der Waals surface area contributed by atoms with Gasteiger partial charge in [-0.15, -0.1) is 0 Å². The number of amides is 1. The fourth-order valence-corrected chi connectivity index (χ4v) is 2.59. The monoisotopic (exact) mass is 284 g/mol. The van der Waals surface area contributed by atoms with Crippen molar-refractivity contribution in [3.63, 3.8) is 0 Å². The van der Waals surface area contributed by atoms with Gasteiger partial charge >= 0.3 is 0 Å². The van der Waals surface area contributed by atoms with Crippen molar-refractivity contribution < 1.29 is 13.2 Å². The van der Waals surface area contributed by atoms with Crippen molar-refractivity contribution in [2.24, 2.45) is 11.1 Å². The third-order valence-electron chi connectivity index (χ3n) is 2.68. The van der Waals surface area contributed by atoms with Crippen molar-refractivity contribution in [3.05, 3.63) is 29.8 Å². The summed E-state index contributed by atoms with van der Waals surface area (Å²) in [7, 11) is -3.90. The van der Waals surface area contributed by atoms with Crippen molar-refractivity contribution in [2.45, 2.75) is 25.7 Å². The Hall–Kier alpha value is -1.40. The Kier molecular flexibility index (Phi) is 5.08. The number of rotatable bonds is 5. The quantitative estimate of drug-likeness (QED) is 0.888. The van der Waals surface area contributed by atoms with Crippen molar-refractivity contribution in [1.82, 2.24) is 4.90 Å². The maximum atomic E-state index is 12.4. The lowest BCUT2D eigenvalue weighted by molar-refractivity contribution is 0.0742. The first kappa shape index (κ1) is 15.7. The summed E-state index contributed by atoms with van der Waals surface area (Å²) in [5.74, 6) is 0.00590. The van der Waals surface area contributed by atoms with Crippen molar-refractivity contribution in [1.29, 1.82) is 0 Å². The van der Waals surface area contributed by atoms with Gasteiger partial charge in [-0.2, -0.15) is 0 Å².